The fraction of sp³-hybridized carbons (Fsp3) is 0.917. The first kappa shape index (κ1) is 10.7. The summed E-state index contributed by atoms with van der Waals surface area (Å²) < 4.78 is 2.51. The molecule has 0 aromatic rings. The lowest BCUT2D eigenvalue weighted by atomic mass is 9.85. The van der Waals surface area contributed by atoms with Crippen LogP contribution in [0.5, 0.6) is 0 Å². The van der Waals surface area contributed by atoms with Gasteiger partial charge in [0.05, 0.1) is 0 Å². The predicted molar refractivity (Wildman–Crippen MR) is 58.6 cm³/mol. The summed E-state index contributed by atoms with van der Waals surface area (Å²) in [6.45, 7) is 16.2. The lowest BCUT2D eigenvalue weighted by Crippen LogP contribution is -2.44. The fourth-order valence-corrected chi connectivity index (χ4v) is 2.87. The lowest BCUT2D eigenvalue weighted by molar-refractivity contribution is -0.650. The van der Waals surface area contributed by atoms with Crippen LogP contribution in [0.1, 0.15) is 54.9 Å². The van der Waals surface area contributed by atoms with Crippen molar-refractivity contribution < 1.29 is 4.58 Å². The Bertz CT molecular complexity index is 238. The minimum Gasteiger partial charge on any atom is -0.230 e. The van der Waals surface area contributed by atoms with E-state index in [-0.39, 0.29) is 5.54 Å². The molecule has 1 heteroatoms. The van der Waals surface area contributed by atoms with Crippen LogP contribution in [0.25, 0.3) is 0 Å². The van der Waals surface area contributed by atoms with E-state index in [9.17, 15) is 0 Å². The van der Waals surface area contributed by atoms with Crippen LogP contribution in [0.4, 0.5) is 0 Å². The molecule has 1 aliphatic rings. The summed E-state index contributed by atoms with van der Waals surface area (Å²) in [6.07, 6.45) is 3.66. The number of hydrogen-bond acceptors (Lipinski definition) is 0. The Balaban J connectivity index is 3.08. The maximum Gasteiger partial charge on any atom is 0.158 e. The molecule has 1 nitrogen and oxygen atoms in total. The van der Waals surface area contributed by atoms with Crippen molar-refractivity contribution in [1.82, 2.24) is 0 Å². The molecule has 76 valence electrons. The van der Waals surface area contributed by atoms with Gasteiger partial charge in [0.25, 0.3) is 0 Å². The fourth-order valence-electron chi connectivity index (χ4n) is 2.87. The minimum atomic E-state index is 0.247. The molecule has 0 saturated heterocycles. The quantitative estimate of drug-likeness (QED) is 0.506. The van der Waals surface area contributed by atoms with Crippen molar-refractivity contribution in [3.05, 3.63) is 0 Å². The molecule has 0 bridgehead atoms. The Morgan fingerprint density at radius 3 is 1.69 bits per heavy atom. The van der Waals surface area contributed by atoms with E-state index in [1.807, 2.05) is 0 Å². The second kappa shape index (κ2) is 2.59. The van der Waals surface area contributed by atoms with E-state index >= 15 is 0 Å². The van der Waals surface area contributed by atoms with Crippen LogP contribution >= 0.6 is 0 Å². The molecule has 0 radical (unpaired) electrons. The molecule has 0 amide bonds. The third kappa shape index (κ3) is 2.12. The van der Waals surface area contributed by atoms with Crippen LogP contribution in [0.2, 0.25) is 0 Å². The highest BCUT2D eigenvalue weighted by Gasteiger charge is 2.49. The van der Waals surface area contributed by atoms with Gasteiger partial charge in [-0.1, -0.05) is 13.8 Å². The Morgan fingerprint density at radius 2 is 1.54 bits per heavy atom. The van der Waals surface area contributed by atoms with Gasteiger partial charge in [0, 0.05) is 11.8 Å². The normalized spacial score (nSPS) is 25.9. The van der Waals surface area contributed by atoms with Gasteiger partial charge in [-0.3, -0.25) is 0 Å². The minimum absolute atomic E-state index is 0.247. The predicted octanol–water partition coefficient (Wildman–Crippen LogP) is 3.08. The molecule has 1 rings (SSSR count). The average Bonchev–Trinajstić information content (AvgIpc) is 1.97. The van der Waals surface area contributed by atoms with Crippen molar-refractivity contribution in [1.29, 1.82) is 0 Å². The molecule has 0 atom stereocenters. The SMILES string of the molecule is CC1(C)C=[N+](C(C)(C)C)C(C)(C)C1. The molecule has 0 aromatic carbocycles. The summed E-state index contributed by atoms with van der Waals surface area (Å²) in [5.41, 5.74) is 0.912. The number of hydrogen-bond donors (Lipinski definition) is 0. The van der Waals surface area contributed by atoms with Gasteiger partial charge in [0.1, 0.15) is 6.21 Å². The summed E-state index contributed by atoms with van der Waals surface area (Å²) in [7, 11) is 0. The van der Waals surface area contributed by atoms with Crippen LogP contribution in [0.15, 0.2) is 0 Å². The van der Waals surface area contributed by atoms with Gasteiger partial charge < -0.3 is 0 Å². The third-order valence-electron chi connectivity index (χ3n) is 2.74. The standard InChI is InChI=1S/C12H24N/c1-10(2,3)13-9-11(4,5)8-12(13,6)7/h9H,8H2,1-7H3/q+1. The van der Waals surface area contributed by atoms with Crippen LogP contribution in [0, 0.1) is 5.41 Å². The maximum absolute atomic E-state index is 2.51. The van der Waals surface area contributed by atoms with Crippen LogP contribution < -0.4 is 0 Å². The van der Waals surface area contributed by atoms with E-state index in [1.165, 1.54) is 6.42 Å². The van der Waals surface area contributed by atoms with Crippen LogP contribution in [-0.2, 0) is 0 Å². The van der Waals surface area contributed by atoms with Gasteiger partial charge in [0.15, 0.2) is 11.1 Å². The van der Waals surface area contributed by atoms with Crippen LogP contribution in [-0.4, -0.2) is 21.9 Å². The molecule has 1 aliphatic heterocycles. The molecule has 0 aromatic heterocycles. The van der Waals surface area contributed by atoms with Gasteiger partial charge >= 0.3 is 0 Å². The maximum atomic E-state index is 2.51. The Hall–Kier alpha value is -0.330. The summed E-state index contributed by atoms with van der Waals surface area (Å²) in [6, 6.07) is 0. The summed E-state index contributed by atoms with van der Waals surface area (Å²) >= 11 is 0. The van der Waals surface area contributed by atoms with Crippen molar-refractivity contribution in [2.75, 3.05) is 0 Å². The van der Waals surface area contributed by atoms with Crippen molar-refractivity contribution in [2.45, 2.75) is 66.0 Å². The zero-order valence-electron chi connectivity index (χ0n) is 10.2. The van der Waals surface area contributed by atoms with Crippen molar-refractivity contribution in [2.24, 2.45) is 5.41 Å². The highest BCUT2D eigenvalue weighted by molar-refractivity contribution is 5.62. The van der Waals surface area contributed by atoms with E-state index in [4.69, 9.17) is 0 Å². The first-order valence-corrected chi connectivity index (χ1v) is 5.20. The van der Waals surface area contributed by atoms with Crippen LogP contribution in [0.3, 0.4) is 0 Å². The van der Waals surface area contributed by atoms with Gasteiger partial charge in [-0.2, -0.15) is 0 Å². The molecule has 0 unspecified atom stereocenters. The highest BCUT2D eigenvalue weighted by atomic mass is 15.2. The monoisotopic (exact) mass is 182 g/mol. The molecular formula is C12H24N+. The molecule has 0 spiro atoms. The van der Waals surface area contributed by atoms with Gasteiger partial charge in [0.2, 0.25) is 0 Å². The smallest absolute Gasteiger partial charge is 0.158 e. The van der Waals surface area contributed by atoms with Crippen molar-refractivity contribution in [3.8, 4) is 0 Å². The lowest BCUT2D eigenvalue weighted by Gasteiger charge is -2.27. The highest BCUT2D eigenvalue weighted by Crippen LogP contribution is 2.37. The van der Waals surface area contributed by atoms with Gasteiger partial charge in [-0.15, -0.1) is 0 Å². The second-order valence-electron chi connectivity index (χ2n) is 6.65. The Kier molecular flexibility index (Phi) is 2.14. The Morgan fingerprint density at radius 1 is 1.08 bits per heavy atom. The van der Waals surface area contributed by atoms with Crippen molar-refractivity contribution >= 4 is 6.21 Å². The molecular weight excluding hydrogens is 158 g/mol. The van der Waals surface area contributed by atoms with E-state index in [1.54, 1.807) is 0 Å². The topological polar surface area (TPSA) is 3.01 Å². The zero-order chi connectivity index (χ0) is 10.5. The first-order valence-electron chi connectivity index (χ1n) is 5.20. The third-order valence-corrected chi connectivity index (χ3v) is 2.74. The first-order chi connectivity index (χ1) is 5.55. The van der Waals surface area contributed by atoms with Gasteiger partial charge in [-0.25, -0.2) is 4.58 Å². The number of nitrogens with zero attached hydrogens (tertiary/aromatic N) is 1. The molecule has 1 heterocycles. The number of rotatable bonds is 0. The van der Waals surface area contributed by atoms with E-state index in [2.05, 4.69) is 59.3 Å². The van der Waals surface area contributed by atoms with E-state index in [0.29, 0.717) is 11.0 Å². The largest absolute Gasteiger partial charge is 0.230 e. The summed E-state index contributed by atoms with van der Waals surface area (Å²) in [5.74, 6) is 0. The summed E-state index contributed by atoms with van der Waals surface area (Å²) in [4.78, 5) is 0. The summed E-state index contributed by atoms with van der Waals surface area (Å²) in [5, 5.41) is 0. The molecule has 13 heavy (non-hydrogen) atoms. The average molecular weight is 182 g/mol. The van der Waals surface area contributed by atoms with E-state index < -0.39 is 0 Å². The molecule has 0 N–H and O–H groups in total. The van der Waals surface area contributed by atoms with E-state index in [0.717, 1.165) is 0 Å². The zero-order valence-corrected chi connectivity index (χ0v) is 10.2. The second-order valence-corrected chi connectivity index (χ2v) is 6.65. The molecule has 0 saturated carbocycles. The Labute approximate surface area is 82.9 Å². The molecule has 0 aliphatic carbocycles. The van der Waals surface area contributed by atoms with Crippen molar-refractivity contribution in [3.63, 3.8) is 0 Å². The van der Waals surface area contributed by atoms with Gasteiger partial charge in [-0.05, 0) is 34.6 Å². The molecule has 0 fully saturated rings.